The smallest absolute Gasteiger partial charge is 0.323 e. The third-order valence-electron chi connectivity index (χ3n) is 3.29. The van der Waals surface area contributed by atoms with Gasteiger partial charge < -0.3 is 14.8 Å². The second kappa shape index (κ2) is 7.41. The van der Waals surface area contributed by atoms with Gasteiger partial charge in [-0.05, 0) is 23.5 Å². The average Bonchev–Trinajstić information content (AvgIpc) is 2.46. The van der Waals surface area contributed by atoms with Gasteiger partial charge in [-0.15, -0.1) is 0 Å². The Balaban J connectivity index is 1.72. The second-order valence-corrected chi connectivity index (χ2v) is 5.54. The van der Waals surface area contributed by atoms with Crippen LogP contribution >= 0.6 is 0 Å². The molecule has 0 spiro atoms. The molecule has 0 aliphatic carbocycles. The van der Waals surface area contributed by atoms with Gasteiger partial charge in [0.2, 0.25) is 0 Å². The van der Waals surface area contributed by atoms with Crippen molar-refractivity contribution in [2.24, 2.45) is 5.92 Å². The lowest BCUT2D eigenvalue weighted by Gasteiger charge is -2.24. The SMILES string of the molecule is CC(C)COCCOC(=O)C1Cc2ccccc2CN1. The molecule has 0 radical (unpaired) electrons. The van der Waals surface area contributed by atoms with Crippen molar-refractivity contribution in [3.63, 3.8) is 0 Å². The summed E-state index contributed by atoms with van der Waals surface area (Å²) in [7, 11) is 0. The molecule has 1 N–H and O–H groups in total. The van der Waals surface area contributed by atoms with E-state index < -0.39 is 0 Å². The number of carbonyl (C=O) groups is 1. The average molecular weight is 277 g/mol. The molecule has 0 saturated heterocycles. The highest BCUT2D eigenvalue weighted by Gasteiger charge is 2.24. The molecule has 110 valence electrons. The van der Waals surface area contributed by atoms with Crippen LogP contribution in [0, 0.1) is 5.92 Å². The van der Waals surface area contributed by atoms with Crippen molar-refractivity contribution < 1.29 is 14.3 Å². The van der Waals surface area contributed by atoms with E-state index in [1.807, 2.05) is 12.1 Å². The summed E-state index contributed by atoms with van der Waals surface area (Å²) in [6, 6.07) is 7.94. The van der Waals surface area contributed by atoms with E-state index in [4.69, 9.17) is 9.47 Å². The van der Waals surface area contributed by atoms with Gasteiger partial charge in [0, 0.05) is 13.2 Å². The topological polar surface area (TPSA) is 47.6 Å². The Morgan fingerprint density at radius 3 is 2.80 bits per heavy atom. The molecular formula is C16H23NO3. The van der Waals surface area contributed by atoms with Crippen LogP contribution in [0.1, 0.15) is 25.0 Å². The van der Waals surface area contributed by atoms with Crippen molar-refractivity contribution in [2.75, 3.05) is 19.8 Å². The van der Waals surface area contributed by atoms with Crippen LogP contribution in [0.3, 0.4) is 0 Å². The number of rotatable bonds is 6. The molecule has 0 fully saturated rings. The Kier molecular flexibility index (Phi) is 5.56. The molecule has 1 aromatic rings. The number of esters is 1. The third kappa shape index (κ3) is 4.32. The van der Waals surface area contributed by atoms with E-state index >= 15 is 0 Å². The Hall–Kier alpha value is -1.39. The van der Waals surface area contributed by atoms with Crippen LogP contribution < -0.4 is 5.32 Å². The molecule has 0 amide bonds. The van der Waals surface area contributed by atoms with Gasteiger partial charge in [-0.25, -0.2) is 0 Å². The van der Waals surface area contributed by atoms with Crippen LogP contribution in [0.2, 0.25) is 0 Å². The monoisotopic (exact) mass is 277 g/mol. The zero-order valence-electron chi connectivity index (χ0n) is 12.2. The molecule has 2 rings (SSSR count). The first kappa shape index (κ1) is 15.0. The van der Waals surface area contributed by atoms with Gasteiger partial charge in [-0.3, -0.25) is 4.79 Å². The molecule has 1 aliphatic rings. The van der Waals surface area contributed by atoms with E-state index in [2.05, 4.69) is 31.3 Å². The molecule has 4 nitrogen and oxygen atoms in total. The first-order chi connectivity index (χ1) is 9.66. The maximum atomic E-state index is 12.0. The zero-order chi connectivity index (χ0) is 14.4. The summed E-state index contributed by atoms with van der Waals surface area (Å²) in [5.74, 6) is 0.315. The van der Waals surface area contributed by atoms with Crippen molar-refractivity contribution in [3.8, 4) is 0 Å². The van der Waals surface area contributed by atoms with Crippen molar-refractivity contribution in [3.05, 3.63) is 35.4 Å². The number of ether oxygens (including phenoxy) is 2. The van der Waals surface area contributed by atoms with E-state index in [-0.39, 0.29) is 12.0 Å². The molecule has 0 saturated carbocycles. The largest absolute Gasteiger partial charge is 0.462 e. The van der Waals surface area contributed by atoms with Crippen LogP contribution in [0.15, 0.2) is 24.3 Å². The lowest BCUT2D eigenvalue weighted by atomic mass is 9.96. The summed E-state index contributed by atoms with van der Waals surface area (Å²) in [6.07, 6.45) is 0.696. The first-order valence-electron chi connectivity index (χ1n) is 7.21. The Morgan fingerprint density at radius 1 is 1.30 bits per heavy atom. The van der Waals surface area contributed by atoms with E-state index in [1.54, 1.807) is 0 Å². The maximum Gasteiger partial charge on any atom is 0.323 e. The van der Waals surface area contributed by atoms with E-state index in [0.717, 1.165) is 6.54 Å². The highest BCUT2D eigenvalue weighted by Crippen LogP contribution is 2.16. The standard InChI is InChI=1S/C16H23NO3/c1-12(2)11-19-7-8-20-16(18)15-9-13-5-3-4-6-14(13)10-17-15/h3-6,12,15,17H,7-11H2,1-2H3. The van der Waals surface area contributed by atoms with Crippen LogP contribution in [0.5, 0.6) is 0 Å². The molecule has 1 unspecified atom stereocenters. The Bertz CT molecular complexity index is 445. The molecular weight excluding hydrogens is 254 g/mol. The van der Waals surface area contributed by atoms with Crippen molar-refractivity contribution in [1.82, 2.24) is 5.32 Å². The van der Waals surface area contributed by atoms with Gasteiger partial charge in [-0.2, -0.15) is 0 Å². The maximum absolute atomic E-state index is 12.0. The first-order valence-corrected chi connectivity index (χ1v) is 7.21. The Morgan fingerprint density at radius 2 is 2.05 bits per heavy atom. The molecule has 20 heavy (non-hydrogen) atoms. The van der Waals surface area contributed by atoms with Crippen molar-refractivity contribution in [2.45, 2.75) is 32.9 Å². The predicted octanol–water partition coefficient (Wildman–Crippen LogP) is 1.92. The van der Waals surface area contributed by atoms with E-state index in [1.165, 1.54) is 11.1 Å². The predicted molar refractivity (Wildman–Crippen MR) is 77.4 cm³/mol. The molecule has 1 aromatic carbocycles. The van der Waals surface area contributed by atoms with Gasteiger partial charge in [0.15, 0.2) is 0 Å². The van der Waals surface area contributed by atoms with Crippen LogP contribution in [-0.2, 0) is 27.2 Å². The fourth-order valence-electron chi connectivity index (χ4n) is 2.24. The lowest BCUT2D eigenvalue weighted by molar-refractivity contribution is -0.148. The summed E-state index contributed by atoms with van der Waals surface area (Å²) in [6.45, 7) is 6.40. The van der Waals surface area contributed by atoms with Gasteiger partial charge in [0.05, 0.1) is 6.61 Å². The van der Waals surface area contributed by atoms with Crippen molar-refractivity contribution in [1.29, 1.82) is 0 Å². The zero-order valence-corrected chi connectivity index (χ0v) is 12.2. The van der Waals surface area contributed by atoms with Gasteiger partial charge >= 0.3 is 5.97 Å². The molecule has 1 aliphatic heterocycles. The Labute approximate surface area is 120 Å². The van der Waals surface area contributed by atoms with Crippen LogP contribution in [-0.4, -0.2) is 31.8 Å². The quantitative estimate of drug-likeness (QED) is 0.637. The number of fused-ring (bicyclic) bond motifs is 1. The van der Waals surface area contributed by atoms with Crippen LogP contribution in [0.25, 0.3) is 0 Å². The summed E-state index contributed by atoms with van der Waals surface area (Å²) in [5, 5.41) is 3.22. The second-order valence-electron chi connectivity index (χ2n) is 5.54. The minimum atomic E-state index is -0.241. The lowest BCUT2D eigenvalue weighted by Crippen LogP contribution is -2.43. The fraction of sp³-hybridized carbons (Fsp3) is 0.562. The fourth-order valence-corrected chi connectivity index (χ4v) is 2.24. The summed E-state index contributed by atoms with van der Waals surface area (Å²) < 4.78 is 10.6. The summed E-state index contributed by atoms with van der Waals surface area (Å²) in [4.78, 5) is 12.0. The van der Waals surface area contributed by atoms with Gasteiger partial charge in [0.1, 0.15) is 12.6 Å². The van der Waals surface area contributed by atoms with Crippen LogP contribution in [0.4, 0.5) is 0 Å². The number of carbonyl (C=O) groups excluding carboxylic acids is 1. The molecule has 1 heterocycles. The summed E-state index contributed by atoms with van der Waals surface area (Å²) >= 11 is 0. The minimum absolute atomic E-state index is 0.187. The van der Waals surface area contributed by atoms with Gasteiger partial charge in [-0.1, -0.05) is 38.1 Å². The summed E-state index contributed by atoms with van der Waals surface area (Å²) in [5.41, 5.74) is 2.49. The normalized spacial score (nSPS) is 17.9. The molecule has 4 heteroatoms. The number of nitrogens with one attached hydrogen (secondary N) is 1. The molecule has 0 bridgehead atoms. The van der Waals surface area contributed by atoms with E-state index in [9.17, 15) is 4.79 Å². The number of hydrogen-bond donors (Lipinski definition) is 1. The number of hydrogen-bond acceptors (Lipinski definition) is 4. The minimum Gasteiger partial charge on any atom is -0.462 e. The van der Waals surface area contributed by atoms with E-state index in [0.29, 0.717) is 32.2 Å². The highest BCUT2D eigenvalue weighted by molar-refractivity contribution is 5.76. The van der Waals surface area contributed by atoms with Gasteiger partial charge in [0.25, 0.3) is 0 Å². The third-order valence-corrected chi connectivity index (χ3v) is 3.29. The highest BCUT2D eigenvalue weighted by atomic mass is 16.6. The molecule has 0 aromatic heterocycles. The van der Waals surface area contributed by atoms with Crippen molar-refractivity contribution >= 4 is 5.97 Å². The number of benzene rings is 1. The molecule has 1 atom stereocenters.